The molecule has 1 rings (SSSR count). The van der Waals surface area contributed by atoms with E-state index in [1.54, 1.807) is 0 Å². The van der Waals surface area contributed by atoms with E-state index in [-0.39, 0.29) is 6.10 Å². The Morgan fingerprint density at radius 2 is 2.06 bits per heavy atom. The normalized spacial score (nSPS) is 12.8. The van der Waals surface area contributed by atoms with Crippen LogP contribution in [0.1, 0.15) is 32.8 Å². The molecule has 90 valence electrons. The van der Waals surface area contributed by atoms with Gasteiger partial charge in [-0.25, -0.2) is 0 Å². The van der Waals surface area contributed by atoms with Gasteiger partial charge in [-0.1, -0.05) is 32.9 Å². The summed E-state index contributed by atoms with van der Waals surface area (Å²) in [7, 11) is 0. The lowest BCUT2D eigenvalue weighted by atomic mass is 10.2. The molecule has 0 aliphatic rings. The van der Waals surface area contributed by atoms with Crippen LogP contribution in [-0.2, 0) is 0 Å². The van der Waals surface area contributed by atoms with Gasteiger partial charge in [0, 0.05) is 12.6 Å². The summed E-state index contributed by atoms with van der Waals surface area (Å²) < 4.78 is 5.93. The second kappa shape index (κ2) is 6.54. The van der Waals surface area contributed by atoms with Crippen molar-refractivity contribution < 1.29 is 4.74 Å². The minimum Gasteiger partial charge on any atom is -0.489 e. The topological polar surface area (TPSA) is 21.3 Å². The predicted molar refractivity (Wildman–Crippen MR) is 69.0 cm³/mol. The molecule has 0 heterocycles. The zero-order valence-electron chi connectivity index (χ0n) is 10.8. The molecule has 2 heteroatoms. The summed E-state index contributed by atoms with van der Waals surface area (Å²) in [6.07, 6.45) is 1.28. The standard InChI is InChI=1S/C14H23NO/c1-5-13(10-15-11(2)3)16-14-8-6-7-12(4)9-14/h6-9,11,13,15H,5,10H2,1-4H3. The van der Waals surface area contributed by atoms with Gasteiger partial charge in [0.1, 0.15) is 11.9 Å². The molecule has 0 aliphatic carbocycles. The van der Waals surface area contributed by atoms with Crippen molar-refractivity contribution in [2.24, 2.45) is 0 Å². The first-order valence-corrected chi connectivity index (χ1v) is 6.08. The number of hydrogen-bond acceptors (Lipinski definition) is 2. The molecule has 0 aliphatic heterocycles. The summed E-state index contributed by atoms with van der Waals surface area (Å²) in [4.78, 5) is 0. The Balaban J connectivity index is 2.49. The summed E-state index contributed by atoms with van der Waals surface area (Å²) in [5, 5.41) is 3.41. The van der Waals surface area contributed by atoms with Gasteiger partial charge in [0.2, 0.25) is 0 Å². The van der Waals surface area contributed by atoms with Gasteiger partial charge >= 0.3 is 0 Å². The summed E-state index contributed by atoms with van der Waals surface area (Å²) >= 11 is 0. The van der Waals surface area contributed by atoms with Gasteiger partial charge < -0.3 is 10.1 Å². The lowest BCUT2D eigenvalue weighted by Crippen LogP contribution is -2.34. The molecule has 16 heavy (non-hydrogen) atoms. The van der Waals surface area contributed by atoms with Crippen LogP contribution < -0.4 is 10.1 Å². The van der Waals surface area contributed by atoms with Gasteiger partial charge in [0.15, 0.2) is 0 Å². The van der Waals surface area contributed by atoms with E-state index in [9.17, 15) is 0 Å². The van der Waals surface area contributed by atoms with Crippen molar-refractivity contribution in [2.45, 2.75) is 46.3 Å². The van der Waals surface area contributed by atoms with Gasteiger partial charge in [0.25, 0.3) is 0 Å². The second-order valence-corrected chi connectivity index (χ2v) is 4.53. The predicted octanol–water partition coefficient (Wildman–Crippen LogP) is 3.15. The van der Waals surface area contributed by atoms with E-state index >= 15 is 0 Å². The minimum atomic E-state index is 0.254. The van der Waals surface area contributed by atoms with Gasteiger partial charge in [-0.3, -0.25) is 0 Å². The summed E-state index contributed by atoms with van der Waals surface area (Å²) in [5.74, 6) is 0.970. The molecular weight excluding hydrogens is 198 g/mol. The highest BCUT2D eigenvalue weighted by molar-refractivity contribution is 5.27. The first kappa shape index (κ1) is 13.0. The third-order valence-corrected chi connectivity index (χ3v) is 2.50. The molecule has 1 aromatic carbocycles. The monoisotopic (exact) mass is 221 g/mol. The van der Waals surface area contributed by atoms with Crippen LogP contribution in [0.5, 0.6) is 5.75 Å². The van der Waals surface area contributed by atoms with Crippen molar-refractivity contribution in [2.75, 3.05) is 6.54 Å². The van der Waals surface area contributed by atoms with Crippen LogP contribution in [0.25, 0.3) is 0 Å². The Kier molecular flexibility index (Phi) is 5.33. The van der Waals surface area contributed by atoms with Gasteiger partial charge in [-0.2, -0.15) is 0 Å². The molecule has 0 fully saturated rings. The lowest BCUT2D eigenvalue weighted by molar-refractivity contribution is 0.190. The molecule has 0 saturated heterocycles. The minimum absolute atomic E-state index is 0.254. The Hall–Kier alpha value is -1.02. The van der Waals surface area contributed by atoms with Crippen LogP contribution in [0.2, 0.25) is 0 Å². The Bertz CT molecular complexity index is 309. The zero-order chi connectivity index (χ0) is 12.0. The van der Waals surface area contributed by atoms with Crippen LogP contribution in [0.3, 0.4) is 0 Å². The molecule has 1 aromatic rings. The highest BCUT2D eigenvalue weighted by Gasteiger charge is 2.08. The van der Waals surface area contributed by atoms with Crippen molar-refractivity contribution in [3.63, 3.8) is 0 Å². The average Bonchev–Trinajstić information content (AvgIpc) is 2.24. The SMILES string of the molecule is CCC(CNC(C)C)Oc1cccc(C)c1. The average molecular weight is 221 g/mol. The fraction of sp³-hybridized carbons (Fsp3) is 0.571. The van der Waals surface area contributed by atoms with E-state index in [0.717, 1.165) is 18.7 Å². The van der Waals surface area contributed by atoms with E-state index in [0.29, 0.717) is 6.04 Å². The van der Waals surface area contributed by atoms with E-state index < -0.39 is 0 Å². The lowest BCUT2D eigenvalue weighted by Gasteiger charge is -2.19. The number of hydrogen-bond donors (Lipinski definition) is 1. The number of rotatable bonds is 6. The maximum Gasteiger partial charge on any atom is 0.120 e. The number of benzene rings is 1. The van der Waals surface area contributed by atoms with Crippen molar-refractivity contribution in [1.29, 1.82) is 0 Å². The van der Waals surface area contributed by atoms with Crippen LogP contribution in [0.15, 0.2) is 24.3 Å². The number of ether oxygens (including phenoxy) is 1. The molecule has 1 atom stereocenters. The molecule has 0 radical (unpaired) electrons. The third kappa shape index (κ3) is 4.67. The summed E-state index contributed by atoms with van der Waals surface area (Å²) in [6.45, 7) is 9.45. The zero-order valence-corrected chi connectivity index (χ0v) is 10.8. The van der Waals surface area contributed by atoms with E-state index in [2.05, 4.69) is 45.1 Å². The van der Waals surface area contributed by atoms with E-state index in [1.807, 2.05) is 12.1 Å². The highest BCUT2D eigenvalue weighted by Crippen LogP contribution is 2.15. The largest absolute Gasteiger partial charge is 0.489 e. The molecule has 2 nitrogen and oxygen atoms in total. The van der Waals surface area contributed by atoms with E-state index in [1.165, 1.54) is 5.56 Å². The molecule has 0 aromatic heterocycles. The maximum atomic E-state index is 5.93. The van der Waals surface area contributed by atoms with E-state index in [4.69, 9.17) is 4.74 Å². The fourth-order valence-electron chi connectivity index (χ4n) is 1.52. The quantitative estimate of drug-likeness (QED) is 0.796. The molecular formula is C14H23NO. The molecule has 1 N–H and O–H groups in total. The second-order valence-electron chi connectivity index (χ2n) is 4.53. The maximum absolute atomic E-state index is 5.93. The Morgan fingerprint density at radius 3 is 2.62 bits per heavy atom. The van der Waals surface area contributed by atoms with Gasteiger partial charge in [0.05, 0.1) is 0 Å². The number of aryl methyl sites for hydroxylation is 1. The Morgan fingerprint density at radius 1 is 1.31 bits per heavy atom. The first-order chi connectivity index (χ1) is 7.61. The fourth-order valence-corrected chi connectivity index (χ4v) is 1.52. The summed E-state index contributed by atoms with van der Waals surface area (Å²) in [5.41, 5.74) is 1.24. The molecule has 1 unspecified atom stereocenters. The van der Waals surface area contributed by atoms with Crippen LogP contribution >= 0.6 is 0 Å². The smallest absolute Gasteiger partial charge is 0.120 e. The van der Waals surface area contributed by atoms with Gasteiger partial charge in [-0.05, 0) is 31.0 Å². The number of nitrogens with one attached hydrogen (secondary N) is 1. The van der Waals surface area contributed by atoms with Crippen molar-refractivity contribution in [1.82, 2.24) is 5.32 Å². The summed E-state index contributed by atoms with van der Waals surface area (Å²) in [6, 6.07) is 8.73. The molecule has 0 saturated carbocycles. The van der Waals surface area contributed by atoms with Crippen LogP contribution in [0.4, 0.5) is 0 Å². The first-order valence-electron chi connectivity index (χ1n) is 6.08. The molecule has 0 amide bonds. The highest BCUT2D eigenvalue weighted by atomic mass is 16.5. The Labute approximate surface area is 99.0 Å². The third-order valence-electron chi connectivity index (χ3n) is 2.50. The molecule has 0 spiro atoms. The van der Waals surface area contributed by atoms with Gasteiger partial charge in [-0.15, -0.1) is 0 Å². The van der Waals surface area contributed by atoms with Crippen LogP contribution in [-0.4, -0.2) is 18.7 Å². The molecule has 0 bridgehead atoms. The van der Waals surface area contributed by atoms with Crippen molar-refractivity contribution >= 4 is 0 Å². The van der Waals surface area contributed by atoms with Crippen LogP contribution in [0, 0.1) is 6.92 Å². The van der Waals surface area contributed by atoms with Crippen molar-refractivity contribution in [3.05, 3.63) is 29.8 Å². The van der Waals surface area contributed by atoms with Crippen molar-refractivity contribution in [3.8, 4) is 5.75 Å².